The van der Waals surface area contributed by atoms with Gasteiger partial charge in [-0.3, -0.25) is 4.90 Å². The maximum absolute atomic E-state index is 12.7. The Morgan fingerprint density at radius 1 is 1.00 bits per heavy atom. The van der Waals surface area contributed by atoms with Gasteiger partial charge in [-0.15, -0.1) is 0 Å². The lowest BCUT2D eigenvalue weighted by atomic mass is 10.1. The zero-order chi connectivity index (χ0) is 20.4. The van der Waals surface area contributed by atoms with Gasteiger partial charge in [0.2, 0.25) is 0 Å². The minimum absolute atomic E-state index is 0.176. The smallest absolute Gasteiger partial charge is 0.410 e. The maximum atomic E-state index is 12.7. The minimum Gasteiger partial charge on any atom is -0.489 e. The molecule has 0 aliphatic carbocycles. The van der Waals surface area contributed by atoms with Gasteiger partial charge >= 0.3 is 6.09 Å². The summed E-state index contributed by atoms with van der Waals surface area (Å²) in [6.07, 6.45) is 1.89. The molecule has 2 saturated heterocycles. The van der Waals surface area contributed by atoms with E-state index in [-0.39, 0.29) is 18.2 Å². The van der Waals surface area contributed by atoms with Crippen molar-refractivity contribution in [3.63, 3.8) is 0 Å². The van der Waals surface area contributed by atoms with Crippen molar-refractivity contribution in [1.82, 2.24) is 4.90 Å². The van der Waals surface area contributed by atoms with Gasteiger partial charge in [0.25, 0.3) is 0 Å². The van der Waals surface area contributed by atoms with Gasteiger partial charge in [-0.25, -0.2) is 4.79 Å². The lowest BCUT2D eigenvalue weighted by Gasteiger charge is -2.42. The summed E-state index contributed by atoms with van der Waals surface area (Å²) in [6.45, 7) is 7.98. The van der Waals surface area contributed by atoms with E-state index in [1.54, 1.807) is 0 Å². The van der Waals surface area contributed by atoms with Crippen molar-refractivity contribution in [1.29, 1.82) is 0 Å². The molecule has 5 nitrogen and oxygen atoms in total. The molecule has 154 valence electrons. The second-order valence-corrected chi connectivity index (χ2v) is 8.95. The molecule has 1 amide bonds. The fourth-order valence-electron chi connectivity index (χ4n) is 4.24. The van der Waals surface area contributed by atoms with E-state index in [0.29, 0.717) is 6.61 Å². The summed E-state index contributed by atoms with van der Waals surface area (Å²) in [7, 11) is 0. The van der Waals surface area contributed by atoms with Gasteiger partial charge in [0.1, 0.15) is 18.0 Å². The lowest BCUT2D eigenvalue weighted by Crippen LogP contribution is -2.56. The molecule has 2 unspecified atom stereocenters. The molecule has 2 fully saturated rings. The van der Waals surface area contributed by atoms with Crippen LogP contribution in [-0.2, 0) is 11.3 Å². The SMILES string of the molecule is CC(C)(C)OC(=O)N1C2CCC1CN(c1cccc(OCc3ccccc3)c1)C2. The zero-order valence-corrected chi connectivity index (χ0v) is 17.5. The summed E-state index contributed by atoms with van der Waals surface area (Å²) in [6, 6.07) is 18.9. The molecule has 0 aromatic heterocycles. The topological polar surface area (TPSA) is 42.0 Å². The van der Waals surface area contributed by atoms with Crippen LogP contribution in [-0.4, -0.2) is 41.8 Å². The van der Waals surface area contributed by atoms with Crippen molar-refractivity contribution < 1.29 is 14.3 Å². The average molecular weight is 395 g/mol. The third-order valence-electron chi connectivity index (χ3n) is 5.52. The van der Waals surface area contributed by atoms with Crippen molar-refractivity contribution in [3.05, 3.63) is 60.2 Å². The summed E-state index contributed by atoms with van der Waals surface area (Å²) in [5.41, 5.74) is 1.84. The molecule has 5 heteroatoms. The summed E-state index contributed by atoms with van der Waals surface area (Å²) < 4.78 is 11.6. The monoisotopic (exact) mass is 394 g/mol. The standard InChI is InChI=1S/C24H30N2O3/c1-24(2,3)29-23(27)26-20-12-13-21(26)16-25(15-20)19-10-7-11-22(14-19)28-17-18-8-5-4-6-9-18/h4-11,14,20-21H,12-13,15-17H2,1-3H3. The van der Waals surface area contributed by atoms with Crippen LogP contribution in [0.2, 0.25) is 0 Å². The molecule has 2 aromatic rings. The van der Waals surface area contributed by atoms with E-state index in [1.165, 1.54) is 0 Å². The predicted molar refractivity (Wildman–Crippen MR) is 114 cm³/mol. The van der Waals surface area contributed by atoms with Gasteiger partial charge in [-0.2, -0.15) is 0 Å². The Morgan fingerprint density at radius 3 is 2.34 bits per heavy atom. The van der Waals surface area contributed by atoms with Crippen LogP contribution < -0.4 is 9.64 Å². The van der Waals surface area contributed by atoms with Crippen LogP contribution in [0.3, 0.4) is 0 Å². The zero-order valence-electron chi connectivity index (χ0n) is 17.5. The first-order valence-corrected chi connectivity index (χ1v) is 10.4. The van der Waals surface area contributed by atoms with Crippen LogP contribution in [0.15, 0.2) is 54.6 Å². The van der Waals surface area contributed by atoms with Gasteiger partial charge < -0.3 is 14.4 Å². The van der Waals surface area contributed by atoms with E-state index in [1.807, 2.05) is 56.0 Å². The summed E-state index contributed by atoms with van der Waals surface area (Å²) in [5.74, 6) is 0.869. The molecule has 2 atom stereocenters. The number of ether oxygens (including phenoxy) is 2. The number of hydrogen-bond acceptors (Lipinski definition) is 4. The molecule has 2 aliphatic rings. The van der Waals surface area contributed by atoms with Crippen LogP contribution in [0, 0.1) is 0 Å². The van der Waals surface area contributed by atoms with E-state index >= 15 is 0 Å². The van der Waals surface area contributed by atoms with E-state index in [9.17, 15) is 4.79 Å². The van der Waals surface area contributed by atoms with E-state index in [2.05, 4.69) is 29.2 Å². The van der Waals surface area contributed by atoms with Crippen molar-refractivity contribution in [3.8, 4) is 5.75 Å². The third kappa shape index (κ3) is 4.66. The summed E-state index contributed by atoms with van der Waals surface area (Å²) in [5, 5.41) is 0. The van der Waals surface area contributed by atoms with Crippen molar-refractivity contribution >= 4 is 11.8 Å². The van der Waals surface area contributed by atoms with E-state index < -0.39 is 5.60 Å². The number of benzene rings is 2. The van der Waals surface area contributed by atoms with Crippen LogP contribution in [0.1, 0.15) is 39.2 Å². The Kier molecular flexibility index (Phi) is 5.39. The highest BCUT2D eigenvalue weighted by molar-refractivity contribution is 5.70. The Morgan fingerprint density at radius 2 is 1.69 bits per heavy atom. The van der Waals surface area contributed by atoms with Crippen LogP contribution in [0.5, 0.6) is 5.75 Å². The number of rotatable bonds is 4. The number of nitrogens with zero attached hydrogens (tertiary/aromatic N) is 2. The van der Waals surface area contributed by atoms with Crippen LogP contribution in [0.4, 0.5) is 10.5 Å². The number of piperazine rings is 1. The van der Waals surface area contributed by atoms with Gasteiger partial charge in [-0.1, -0.05) is 36.4 Å². The molecule has 29 heavy (non-hydrogen) atoms. The normalized spacial score (nSPS) is 21.2. The molecule has 2 heterocycles. The highest BCUT2D eigenvalue weighted by atomic mass is 16.6. The number of anilines is 1. The van der Waals surface area contributed by atoms with Crippen LogP contribution >= 0.6 is 0 Å². The van der Waals surface area contributed by atoms with Gasteiger partial charge in [0, 0.05) is 24.8 Å². The molecular weight excluding hydrogens is 364 g/mol. The second-order valence-electron chi connectivity index (χ2n) is 8.95. The van der Waals surface area contributed by atoms with Crippen molar-refractivity contribution in [2.45, 2.75) is 57.9 Å². The Labute approximate surface area is 173 Å². The third-order valence-corrected chi connectivity index (χ3v) is 5.52. The first-order chi connectivity index (χ1) is 13.9. The largest absolute Gasteiger partial charge is 0.489 e. The Balaban J connectivity index is 1.41. The fourth-order valence-corrected chi connectivity index (χ4v) is 4.24. The predicted octanol–water partition coefficient (Wildman–Crippen LogP) is 4.85. The molecular formula is C24H30N2O3. The molecule has 2 aliphatic heterocycles. The lowest BCUT2D eigenvalue weighted by molar-refractivity contribution is 0.0123. The van der Waals surface area contributed by atoms with E-state index in [4.69, 9.17) is 9.47 Å². The molecule has 0 saturated carbocycles. The molecule has 2 bridgehead atoms. The van der Waals surface area contributed by atoms with Gasteiger partial charge in [-0.05, 0) is 51.3 Å². The molecule has 4 rings (SSSR count). The first kappa shape index (κ1) is 19.6. The molecule has 0 spiro atoms. The molecule has 0 N–H and O–H groups in total. The number of amides is 1. The van der Waals surface area contributed by atoms with E-state index in [0.717, 1.165) is 42.9 Å². The quantitative estimate of drug-likeness (QED) is 0.743. The number of hydrogen-bond donors (Lipinski definition) is 0. The first-order valence-electron chi connectivity index (χ1n) is 10.4. The van der Waals surface area contributed by atoms with Gasteiger partial charge in [0.05, 0.1) is 12.1 Å². The van der Waals surface area contributed by atoms with Crippen molar-refractivity contribution in [2.24, 2.45) is 0 Å². The average Bonchev–Trinajstić information content (AvgIpc) is 2.96. The maximum Gasteiger partial charge on any atom is 0.410 e. The van der Waals surface area contributed by atoms with Crippen LogP contribution in [0.25, 0.3) is 0 Å². The Hall–Kier alpha value is -2.69. The number of fused-ring (bicyclic) bond motifs is 2. The Bertz CT molecular complexity index is 833. The minimum atomic E-state index is -0.460. The molecule has 0 radical (unpaired) electrons. The summed E-state index contributed by atoms with van der Waals surface area (Å²) in [4.78, 5) is 17.0. The number of carbonyl (C=O) groups excluding carboxylic acids is 1. The molecule has 2 aromatic carbocycles. The fraction of sp³-hybridized carbons (Fsp3) is 0.458. The van der Waals surface area contributed by atoms with Crippen molar-refractivity contribution in [2.75, 3.05) is 18.0 Å². The second kappa shape index (κ2) is 7.97. The highest BCUT2D eigenvalue weighted by Gasteiger charge is 2.44. The summed E-state index contributed by atoms with van der Waals surface area (Å²) >= 11 is 0. The highest BCUT2D eigenvalue weighted by Crippen LogP contribution is 2.34. The van der Waals surface area contributed by atoms with Gasteiger partial charge in [0.15, 0.2) is 0 Å². The number of carbonyl (C=O) groups is 1.